The maximum absolute atomic E-state index is 12.3. The minimum absolute atomic E-state index is 0.326. The van der Waals surface area contributed by atoms with Crippen LogP contribution in [0.3, 0.4) is 0 Å². The summed E-state index contributed by atoms with van der Waals surface area (Å²) in [5.41, 5.74) is -2.32. The number of alkyl halides is 2. The second-order valence-electron chi connectivity index (χ2n) is 2.63. The Morgan fingerprint density at radius 3 is 2.50 bits per heavy atom. The number of aromatic nitrogens is 1. The van der Waals surface area contributed by atoms with Crippen molar-refractivity contribution < 1.29 is 28.7 Å². The normalized spacial score (nSPS) is 10.4. The molecule has 0 saturated heterocycles. The van der Waals surface area contributed by atoms with Gasteiger partial charge < -0.3 is 20.3 Å². The number of carbonyl (C=O) groups is 1. The van der Waals surface area contributed by atoms with Crippen LogP contribution in [-0.2, 0) is 0 Å². The van der Waals surface area contributed by atoms with Crippen molar-refractivity contribution in [1.82, 2.24) is 4.98 Å². The third-order valence-corrected chi connectivity index (χ3v) is 1.63. The molecular formula is C7H4F2N2O5. The fraction of sp³-hybridized carbons (Fsp3) is 0.143. The molecule has 0 fully saturated rings. The van der Waals surface area contributed by atoms with Gasteiger partial charge in [-0.3, -0.25) is 0 Å². The van der Waals surface area contributed by atoms with Crippen molar-refractivity contribution in [3.63, 3.8) is 0 Å². The highest BCUT2D eigenvalue weighted by molar-refractivity contribution is 5.89. The molecule has 0 radical (unpaired) electrons. The Kier molecular flexibility index (Phi) is 2.97. The molecule has 0 amide bonds. The molecular weight excluding hydrogens is 230 g/mol. The van der Waals surface area contributed by atoms with E-state index in [4.69, 9.17) is 10.2 Å². The molecule has 7 nitrogen and oxygen atoms in total. The zero-order valence-corrected chi connectivity index (χ0v) is 7.42. The highest BCUT2D eigenvalue weighted by Crippen LogP contribution is 2.32. The van der Waals surface area contributed by atoms with Gasteiger partial charge in [-0.2, -0.15) is 0 Å². The lowest BCUT2D eigenvalue weighted by molar-refractivity contribution is -0.389. The van der Waals surface area contributed by atoms with Gasteiger partial charge in [0.15, 0.2) is 5.75 Å². The lowest BCUT2D eigenvalue weighted by atomic mass is 10.2. The topological polar surface area (TPSA) is 114 Å². The van der Waals surface area contributed by atoms with E-state index in [9.17, 15) is 23.7 Å². The standard InChI is InChI=1S/C7H4F2N2O5/c8-6(9)2-1-3(11(15)16)10-4(5(2)12)7(13)14/h1,6,12H,(H,13,14). The van der Waals surface area contributed by atoms with Crippen molar-refractivity contribution in [2.45, 2.75) is 6.43 Å². The van der Waals surface area contributed by atoms with Crippen molar-refractivity contribution in [1.29, 1.82) is 0 Å². The van der Waals surface area contributed by atoms with Gasteiger partial charge in [0.2, 0.25) is 0 Å². The van der Waals surface area contributed by atoms with E-state index in [1.165, 1.54) is 0 Å². The van der Waals surface area contributed by atoms with E-state index in [0.717, 1.165) is 0 Å². The van der Waals surface area contributed by atoms with Crippen LogP contribution in [0.4, 0.5) is 14.6 Å². The van der Waals surface area contributed by atoms with Gasteiger partial charge in [0.05, 0.1) is 5.56 Å². The van der Waals surface area contributed by atoms with Gasteiger partial charge in [-0.1, -0.05) is 0 Å². The molecule has 1 aromatic heterocycles. The Bertz CT molecular complexity index is 462. The molecule has 0 saturated carbocycles. The lowest BCUT2D eigenvalue weighted by Gasteiger charge is -2.03. The number of aromatic carboxylic acids is 1. The number of carboxylic acids is 1. The van der Waals surface area contributed by atoms with Crippen LogP contribution in [0.15, 0.2) is 6.07 Å². The fourth-order valence-electron chi connectivity index (χ4n) is 0.953. The lowest BCUT2D eigenvalue weighted by Crippen LogP contribution is -2.06. The summed E-state index contributed by atoms with van der Waals surface area (Å²) in [6, 6.07) is 0.326. The zero-order chi connectivity index (χ0) is 12.5. The fourth-order valence-corrected chi connectivity index (χ4v) is 0.953. The second kappa shape index (κ2) is 4.04. The maximum Gasteiger partial charge on any atom is 0.384 e. The highest BCUT2D eigenvalue weighted by atomic mass is 19.3. The molecule has 0 spiro atoms. The molecule has 1 rings (SSSR count). The van der Waals surface area contributed by atoms with Crippen LogP contribution in [0, 0.1) is 10.1 Å². The van der Waals surface area contributed by atoms with E-state index in [1.54, 1.807) is 0 Å². The largest absolute Gasteiger partial charge is 0.503 e. The number of nitrogens with zero attached hydrogens (tertiary/aromatic N) is 2. The molecule has 0 atom stereocenters. The Hall–Kier alpha value is -2.32. The second-order valence-corrected chi connectivity index (χ2v) is 2.63. The van der Waals surface area contributed by atoms with Gasteiger partial charge in [0, 0.05) is 6.07 Å². The molecule has 0 aliphatic rings. The van der Waals surface area contributed by atoms with Crippen LogP contribution in [0.2, 0.25) is 0 Å². The van der Waals surface area contributed by atoms with Gasteiger partial charge in [0.1, 0.15) is 0 Å². The van der Waals surface area contributed by atoms with Crippen molar-refractivity contribution >= 4 is 11.8 Å². The summed E-state index contributed by atoms with van der Waals surface area (Å²) in [5.74, 6) is -4.17. The Labute approximate surface area is 86.1 Å². The van der Waals surface area contributed by atoms with Gasteiger partial charge in [0.25, 0.3) is 6.43 Å². The van der Waals surface area contributed by atoms with E-state index in [1.807, 2.05) is 0 Å². The Morgan fingerprint density at radius 1 is 1.56 bits per heavy atom. The number of hydrogen-bond acceptors (Lipinski definition) is 5. The van der Waals surface area contributed by atoms with Crippen molar-refractivity contribution in [2.24, 2.45) is 0 Å². The highest BCUT2D eigenvalue weighted by Gasteiger charge is 2.29. The van der Waals surface area contributed by atoms with Gasteiger partial charge in [-0.15, -0.1) is 0 Å². The number of nitro groups is 1. The van der Waals surface area contributed by atoms with E-state index in [-0.39, 0.29) is 0 Å². The predicted octanol–water partition coefficient (Wildman–Crippen LogP) is 1.33. The molecule has 0 aromatic carbocycles. The summed E-state index contributed by atoms with van der Waals surface area (Å²) in [7, 11) is 0. The third kappa shape index (κ3) is 2.02. The molecule has 86 valence electrons. The van der Waals surface area contributed by atoms with Crippen LogP contribution >= 0.6 is 0 Å². The SMILES string of the molecule is O=C(O)c1nc([N+](=O)[O-])cc(C(F)F)c1O. The number of halogens is 2. The molecule has 9 heteroatoms. The molecule has 0 unspecified atom stereocenters. The zero-order valence-electron chi connectivity index (χ0n) is 7.42. The molecule has 0 aliphatic heterocycles. The smallest absolute Gasteiger partial charge is 0.384 e. The Balaban J connectivity index is 3.51. The average molecular weight is 234 g/mol. The van der Waals surface area contributed by atoms with Crippen LogP contribution in [0.25, 0.3) is 0 Å². The minimum Gasteiger partial charge on any atom is -0.503 e. The summed E-state index contributed by atoms with van der Waals surface area (Å²) in [5, 5.41) is 27.9. The summed E-state index contributed by atoms with van der Waals surface area (Å²) >= 11 is 0. The summed E-state index contributed by atoms with van der Waals surface area (Å²) < 4.78 is 24.6. The summed E-state index contributed by atoms with van der Waals surface area (Å²) in [6.45, 7) is 0. The summed E-state index contributed by atoms with van der Waals surface area (Å²) in [4.78, 5) is 22.6. The van der Waals surface area contributed by atoms with E-state index >= 15 is 0 Å². The first-order chi connectivity index (χ1) is 7.34. The molecule has 0 aliphatic carbocycles. The van der Waals surface area contributed by atoms with Crippen LogP contribution in [-0.4, -0.2) is 26.1 Å². The Morgan fingerprint density at radius 2 is 2.12 bits per heavy atom. The van der Waals surface area contributed by atoms with Crippen molar-refractivity contribution in [2.75, 3.05) is 0 Å². The summed E-state index contributed by atoms with van der Waals surface area (Å²) in [6.07, 6.45) is -3.24. The van der Waals surface area contributed by atoms with E-state index in [0.29, 0.717) is 6.07 Å². The number of rotatable bonds is 3. The van der Waals surface area contributed by atoms with Crippen LogP contribution < -0.4 is 0 Å². The average Bonchev–Trinajstić information content (AvgIpc) is 2.16. The monoisotopic (exact) mass is 234 g/mol. The van der Waals surface area contributed by atoms with Crippen molar-refractivity contribution in [3.05, 3.63) is 27.4 Å². The third-order valence-electron chi connectivity index (χ3n) is 1.63. The molecule has 16 heavy (non-hydrogen) atoms. The minimum atomic E-state index is -3.24. The van der Waals surface area contributed by atoms with E-state index < -0.39 is 40.1 Å². The van der Waals surface area contributed by atoms with Crippen LogP contribution in [0.1, 0.15) is 22.5 Å². The number of pyridine rings is 1. The van der Waals surface area contributed by atoms with Crippen LogP contribution in [0.5, 0.6) is 5.75 Å². The predicted molar refractivity (Wildman–Crippen MR) is 44.5 cm³/mol. The molecule has 2 N–H and O–H groups in total. The first-order valence-electron chi connectivity index (χ1n) is 3.74. The number of hydrogen-bond donors (Lipinski definition) is 2. The quantitative estimate of drug-likeness (QED) is 0.602. The van der Waals surface area contributed by atoms with Crippen molar-refractivity contribution in [3.8, 4) is 5.75 Å². The first kappa shape index (κ1) is 11.8. The molecule has 0 bridgehead atoms. The van der Waals surface area contributed by atoms with Gasteiger partial charge >= 0.3 is 17.5 Å². The van der Waals surface area contributed by atoms with Gasteiger partial charge in [-0.05, 0) is 9.91 Å². The molecule has 1 aromatic rings. The number of aromatic hydroxyl groups is 1. The number of carboxylic acid groups (broad SMARTS) is 1. The maximum atomic E-state index is 12.3. The molecule has 1 heterocycles. The first-order valence-corrected chi connectivity index (χ1v) is 3.74. The van der Waals surface area contributed by atoms with Gasteiger partial charge in [-0.25, -0.2) is 13.6 Å². The van der Waals surface area contributed by atoms with E-state index in [2.05, 4.69) is 4.98 Å².